The van der Waals surface area contributed by atoms with Gasteiger partial charge < -0.3 is 37.0 Å². The molecule has 0 radical (unpaired) electrons. The van der Waals surface area contributed by atoms with Crippen LogP contribution in [0.2, 0.25) is 0 Å². The number of carbonyl (C=O) groups excluding carboxylic acids is 4. The lowest BCUT2D eigenvalue weighted by Crippen LogP contribution is -2.53. The maximum Gasteiger partial charge on any atom is 0.248 e. The highest BCUT2D eigenvalue weighted by Gasteiger charge is 2.34. The van der Waals surface area contributed by atoms with Gasteiger partial charge in [0.05, 0.1) is 6.54 Å². The van der Waals surface area contributed by atoms with Gasteiger partial charge in [0.25, 0.3) is 0 Å². The van der Waals surface area contributed by atoms with Crippen LogP contribution >= 0.6 is 0 Å². The first-order chi connectivity index (χ1) is 17.6. The number of unbranched alkanes of at least 4 members (excludes halogenated alkanes) is 1. The van der Waals surface area contributed by atoms with Gasteiger partial charge in [0, 0.05) is 19.7 Å². The zero-order valence-corrected chi connectivity index (χ0v) is 22.5. The Balaban J connectivity index is 3.44. The van der Waals surface area contributed by atoms with E-state index in [-0.39, 0.29) is 18.2 Å². The summed E-state index contributed by atoms with van der Waals surface area (Å²) < 4.78 is 0. The third-order valence-electron chi connectivity index (χ3n) is 5.80. The largest absolute Gasteiger partial charge is 0.507 e. The van der Waals surface area contributed by atoms with Crippen molar-refractivity contribution in [2.24, 2.45) is 5.73 Å². The zero-order valence-electron chi connectivity index (χ0n) is 22.5. The summed E-state index contributed by atoms with van der Waals surface area (Å²) in [5.74, 6) is -1.76. The lowest BCUT2D eigenvalue weighted by atomic mass is 9.99. The van der Waals surface area contributed by atoms with Crippen LogP contribution in [0, 0.1) is 0 Å². The first-order valence-electron chi connectivity index (χ1n) is 12.5. The molecule has 0 aromatic heterocycles. The fraction of sp³-hybridized carbons (Fsp3) is 0.538. The number of nitrogens with two attached hydrogens (primary N) is 1. The standard InChI is InChI=1S/C26H42N6O5/c1-6-7-10-18-15-19(12-13-21(18)33)23(25(36)30-17(2)24(35)29-4)32(5)26(37)20(11-8-9-14-27)31-22(34)16-28-3/h7,10,12-13,15,17,20,23,28,33H,6,8-9,11,14,16,27H2,1-5H3,(H,29,35)(H,30,36)(H,31,34)/b10-7+/t17-,20-,23-/m0/s1. The fourth-order valence-corrected chi connectivity index (χ4v) is 3.78. The van der Waals surface area contributed by atoms with E-state index < -0.39 is 35.8 Å². The number of rotatable bonds is 15. The molecular formula is C26H42N6O5. The van der Waals surface area contributed by atoms with Crippen molar-refractivity contribution in [3.8, 4) is 5.75 Å². The number of aromatic hydroxyl groups is 1. The molecule has 0 saturated carbocycles. The van der Waals surface area contributed by atoms with Crippen molar-refractivity contribution in [1.29, 1.82) is 0 Å². The van der Waals surface area contributed by atoms with E-state index in [0.29, 0.717) is 36.9 Å². The summed E-state index contributed by atoms with van der Waals surface area (Å²) in [6, 6.07) is 1.78. The van der Waals surface area contributed by atoms with E-state index in [1.807, 2.05) is 13.0 Å². The molecule has 206 valence electrons. The number of nitrogens with zero attached hydrogens (tertiary/aromatic N) is 1. The van der Waals surface area contributed by atoms with Crippen molar-refractivity contribution < 1.29 is 24.3 Å². The van der Waals surface area contributed by atoms with Crippen LogP contribution in [-0.2, 0) is 19.2 Å². The molecule has 0 aliphatic heterocycles. The number of phenolic OH excluding ortho intramolecular Hbond substituents is 1. The monoisotopic (exact) mass is 518 g/mol. The molecule has 7 N–H and O–H groups in total. The second kappa shape index (κ2) is 16.3. The Morgan fingerprint density at radius 1 is 1.11 bits per heavy atom. The van der Waals surface area contributed by atoms with Crippen molar-refractivity contribution in [3.63, 3.8) is 0 Å². The van der Waals surface area contributed by atoms with Crippen molar-refractivity contribution >= 4 is 29.7 Å². The average molecular weight is 519 g/mol. The summed E-state index contributed by atoms with van der Waals surface area (Å²) in [6.07, 6.45) is 5.97. The minimum absolute atomic E-state index is 0.0271. The molecule has 0 fully saturated rings. The van der Waals surface area contributed by atoms with E-state index in [1.54, 1.807) is 25.3 Å². The van der Waals surface area contributed by atoms with Gasteiger partial charge in [-0.3, -0.25) is 19.2 Å². The molecular weight excluding hydrogens is 476 g/mol. The average Bonchev–Trinajstić information content (AvgIpc) is 2.87. The minimum atomic E-state index is -1.13. The van der Waals surface area contributed by atoms with E-state index in [0.717, 1.165) is 6.42 Å². The van der Waals surface area contributed by atoms with Crippen LogP contribution in [0.15, 0.2) is 24.3 Å². The van der Waals surface area contributed by atoms with Crippen molar-refractivity contribution in [2.75, 3.05) is 34.2 Å². The molecule has 0 bridgehead atoms. The van der Waals surface area contributed by atoms with Crippen LogP contribution in [0.4, 0.5) is 0 Å². The van der Waals surface area contributed by atoms with Crippen LogP contribution in [0.1, 0.15) is 56.7 Å². The molecule has 0 aliphatic carbocycles. The number of amides is 4. The SMILES string of the molecule is CC/C=C/c1cc([C@@H](C(=O)N[C@@H](C)C(=O)NC)N(C)C(=O)[C@H](CCCCN)NC(=O)CNC)ccc1O. The summed E-state index contributed by atoms with van der Waals surface area (Å²) in [5, 5.41) is 20.9. The second-order valence-electron chi connectivity index (χ2n) is 8.76. The first-order valence-corrected chi connectivity index (χ1v) is 12.5. The van der Waals surface area contributed by atoms with Gasteiger partial charge >= 0.3 is 0 Å². The molecule has 3 atom stereocenters. The lowest BCUT2D eigenvalue weighted by molar-refractivity contribution is -0.142. The third kappa shape index (κ3) is 9.85. The lowest BCUT2D eigenvalue weighted by Gasteiger charge is -2.32. The Kier molecular flexibility index (Phi) is 13.9. The predicted molar refractivity (Wildman–Crippen MR) is 143 cm³/mol. The highest BCUT2D eigenvalue weighted by Crippen LogP contribution is 2.28. The number of phenols is 1. The number of nitrogens with one attached hydrogen (secondary N) is 4. The Hall–Kier alpha value is -3.44. The van der Waals surface area contributed by atoms with E-state index in [9.17, 15) is 24.3 Å². The summed E-state index contributed by atoms with van der Waals surface area (Å²) >= 11 is 0. The molecule has 1 aromatic carbocycles. The molecule has 0 aliphatic rings. The third-order valence-corrected chi connectivity index (χ3v) is 5.80. The molecule has 0 heterocycles. The smallest absolute Gasteiger partial charge is 0.248 e. The number of likely N-dealkylation sites (N-methyl/N-ethyl adjacent to an activating group) is 3. The second-order valence-corrected chi connectivity index (χ2v) is 8.76. The number of allylic oxidation sites excluding steroid dienone is 1. The zero-order chi connectivity index (χ0) is 28.0. The highest BCUT2D eigenvalue weighted by molar-refractivity contribution is 5.95. The van der Waals surface area contributed by atoms with Crippen LogP contribution in [0.3, 0.4) is 0 Å². The molecule has 1 rings (SSSR count). The van der Waals surface area contributed by atoms with Gasteiger partial charge in [-0.15, -0.1) is 0 Å². The van der Waals surface area contributed by atoms with Crippen molar-refractivity contribution in [2.45, 2.75) is 57.7 Å². The summed E-state index contributed by atoms with van der Waals surface area (Å²) in [7, 11) is 4.57. The Morgan fingerprint density at radius 2 is 1.81 bits per heavy atom. The summed E-state index contributed by atoms with van der Waals surface area (Å²) in [5.41, 5.74) is 6.53. The van der Waals surface area contributed by atoms with Crippen LogP contribution in [0.5, 0.6) is 5.75 Å². The van der Waals surface area contributed by atoms with Gasteiger partial charge in [0.1, 0.15) is 23.9 Å². The van der Waals surface area contributed by atoms with Gasteiger partial charge in [0.2, 0.25) is 23.6 Å². The number of carbonyl (C=O) groups is 4. The van der Waals surface area contributed by atoms with E-state index in [2.05, 4.69) is 21.3 Å². The molecule has 37 heavy (non-hydrogen) atoms. The van der Waals surface area contributed by atoms with E-state index in [4.69, 9.17) is 5.73 Å². The van der Waals surface area contributed by atoms with Crippen LogP contribution in [0.25, 0.3) is 6.08 Å². The molecule has 0 spiro atoms. The van der Waals surface area contributed by atoms with Crippen LogP contribution in [-0.4, -0.2) is 80.0 Å². The normalized spacial score (nSPS) is 13.5. The Bertz CT molecular complexity index is 951. The van der Waals surface area contributed by atoms with Gasteiger partial charge in [-0.1, -0.05) is 25.1 Å². The minimum Gasteiger partial charge on any atom is -0.507 e. The van der Waals surface area contributed by atoms with Gasteiger partial charge in [-0.25, -0.2) is 0 Å². The quantitative estimate of drug-likeness (QED) is 0.183. The van der Waals surface area contributed by atoms with E-state index >= 15 is 0 Å². The highest BCUT2D eigenvalue weighted by atomic mass is 16.3. The number of hydrogen-bond acceptors (Lipinski definition) is 7. The maximum absolute atomic E-state index is 13.6. The molecule has 11 heteroatoms. The predicted octanol–water partition coefficient (Wildman–Crippen LogP) is 0.399. The summed E-state index contributed by atoms with van der Waals surface area (Å²) in [6.45, 7) is 3.97. The Morgan fingerprint density at radius 3 is 2.41 bits per heavy atom. The van der Waals surface area contributed by atoms with Gasteiger partial charge in [0.15, 0.2) is 0 Å². The summed E-state index contributed by atoms with van der Waals surface area (Å²) in [4.78, 5) is 52.7. The first kappa shape index (κ1) is 31.6. The molecule has 4 amide bonds. The number of benzene rings is 1. The van der Waals surface area contributed by atoms with Crippen molar-refractivity contribution in [3.05, 3.63) is 35.4 Å². The van der Waals surface area contributed by atoms with Crippen LogP contribution < -0.4 is 27.0 Å². The topological polar surface area (TPSA) is 166 Å². The molecule has 1 aromatic rings. The molecule has 0 saturated heterocycles. The fourth-order valence-electron chi connectivity index (χ4n) is 3.78. The van der Waals surface area contributed by atoms with Gasteiger partial charge in [-0.2, -0.15) is 0 Å². The number of hydrogen-bond donors (Lipinski definition) is 6. The molecule has 11 nitrogen and oxygen atoms in total. The van der Waals surface area contributed by atoms with Gasteiger partial charge in [-0.05, 0) is 63.9 Å². The Labute approximate surface area is 219 Å². The maximum atomic E-state index is 13.6. The molecule has 0 unspecified atom stereocenters. The van der Waals surface area contributed by atoms with Crippen molar-refractivity contribution in [1.82, 2.24) is 26.2 Å². The van der Waals surface area contributed by atoms with E-state index in [1.165, 1.54) is 32.0 Å².